The van der Waals surface area contributed by atoms with Crippen LogP contribution in [0.15, 0.2) is 0 Å². The highest BCUT2D eigenvalue weighted by Gasteiger charge is 2.19. The van der Waals surface area contributed by atoms with Crippen LogP contribution < -0.4 is 0 Å². The number of hydrogen-bond donors (Lipinski definition) is 0. The molecule has 0 saturated carbocycles. The lowest BCUT2D eigenvalue weighted by atomic mass is 10.0. The highest BCUT2D eigenvalue weighted by Crippen LogP contribution is 2.16. The van der Waals surface area contributed by atoms with Crippen molar-refractivity contribution in [3.05, 3.63) is 0 Å². The lowest BCUT2D eigenvalue weighted by Gasteiger charge is -2.18. The van der Waals surface area contributed by atoms with Crippen molar-refractivity contribution in [3.63, 3.8) is 0 Å². The van der Waals surface area contributed by atoms with Crippen LogP contribution in [0.1, 0.15) is 265 Å². The van der Waals surface area contributed by atoms with Gasteiger partial charge in [-0.1, -0.05) is 226 Å². The molecule has 0 amide bonds. The third kappa shape index (κ3) is 41.4. The molecular weight excluding hydrogens is 661 g/mol. The number of ether oxygens (including phenoxy) is 3. The molecule has 0 N–H and O–H groups in total. The van der Waals surface area contributed by atoms with Crippen LogP contribution >= 0.6 is 0 Å². The molecule has 0 spiro atoms. The minimum atomic E-state index is -0.757. The van der Waals surface area contributed by atoms with Crippen LogP contribution in [0.5, 0.6) is 0 Å². The summed E-state index contributed by atoms with van der Waals surface area (Å²) < 4.78 is 16.7. The smallest absolute Gasteiger partial charge is 0.306 e. The third-order valence-corrected chi connectivity index (χ3v) is 10.6. The van der Waals surface area contributed by atoms with E-state index in [1.165, 1.54) is 167 Å². The van der Waals surface area contributed by atoms with E-state index in [0.717, 1.165) is 57.8 Å². The number of hydrogen-bond acceptors (Lipinski definition) is 6. The van der Waals surface area contributed by atoms with E-state index in [-0.39, 0.29) is 31.1 Å². The summed E-state index contributed by atoms with van der Waals surface area (Å²) >= 11 is 0. The van der Waals surface area contributed by atoms with Crippen LogP contribution in [0, 0.1) is 0 Å². The van der Waals surface area contributed by atoms with Crippen molar-refractivity contribution in [3.8, 4) is 0 Å². The molecule has 0 aliphatic rings. The maximum absolute atomic E-state index is 12.7. The normalized spacial score (nSPS) is 11.8. The minimum absolute atomic E-state index is 0.0629. The van der Waals surface area contributed by atoms with Gasteiger partial charge in [0.1, 0.15) is 13.2 Å². The molecule has 0 aliphatic carbocycles. The largest absolute Gasteiger partial charge is 0.462 e. The lowest BCUT2D eigenvalue weighted by molar-refractivity contribution is -0.167. The molecule has 0 aromatic carbocycles. The molecule has 0 aromatic heterocycles. The summed E-state index contributed by atoms with van der Waals surface area (Å²) in [4.78, 5) is 37.6. The van der Waals surface area contributed by atoms with Gasteiger partial charge in [-0.15, -0.1) is 0 Å². The average Bonchev–Trinajstić information content (AvgIpc) is 3.15. The van der Waals surface area contributed by atoms with Gasteiger partial charge in [0.15, 0.2) is 6.10 Å². The van der Waals surface area contributed by atoms with Crippen molar-refractivity contribution in [2.75, 3.05) is 13.2 Å². The first-order valence-corrected chi connectivity index (χ1v) is 23.5. The van der Waals surface area contributed by atoms with E-state index in [9.17, 15) is 14.4 Å². The van der Waals surface area contributed by atoms with Gasteiger partial charge in [0, 0.05) is 19.3 Å². The molecule has 0 unspecified atom stereocenters. The number of unbranched alkanes of at least 4 members (excludes halogenated alkanes) is 32. The Morgan fingerprint density at radius 1 is 0.302 bits per heavy atom. The fourth-order valence-corrected chi connectivity index (χ4v) is 7.03. The molecule has 0 heterocycles. The molecule has 0 aromatic rings. The fourth-order valence-electron chi connectivity index (χ4n) is 7.03. The first kappa shape index (κ1) is 51.4. The topological polar surface area (TPSA) is 78.9 Å². The van der Waals surface area contributed by atoms with Crippen molar-refractivity contribution >= 4 is 17.9 Å². The summed E-state index contributed by atoms with van der Waals surface area (Å²) in [5.41, 5.74) is 0. The molecule has 314 valence electrons. The van der Waals surface area contributed by atoms with Crippen LogP contribution in [0.4, 0.5) is 0 Å². The molecule has 1 atom stereocenters. The Morgan fingerprint density at radius 3 is 0.755 bits per heavy atom. The van der Waals surface area contributed by atoms with Crippen molar-refractivity contribution < 1.29 is 28.6 Å². The zero-order valence-electron chi connectivity index (χ0n) is 35.8. The summed E-state index contributed by atoms with van der Waals surface area (Å²) in [5, 5.41) is 0. The number of carbonyl (C=O) groups is 3. The Balaban J connectivity index is 4.22. The fraction of sp³-hybridized carbons (Fsp3) is 0.936. The molecule has 6 heteroatoms. The minimum Gasteiger partial charge on any atom is -0.462 e. The van der Waals surface area contributed by atoms with E-state index in [2.05, 4.69) is 20.8 Å². The highest BCUT2D eigenvalue weighted by atomic mass is 16.6. The Bertz CT molecular complexity index is 783. The van der Waals surface area contributed by atoms with Gasteiger partial charge in [-0.2, -0.15) is 0 Å². The summed E-state index contributed by atoms with van der Waals surface area (Å²) in [6, 6.07) is 0. The molecule has 0 radical (unpaired) electrons. The Kier molecular flexibility index (Phi) is 41.8. The van der Waals surface area contributed by atoms with E-state index in [0.29, 0.717) is 19.3 Å². The average molecular weight is 751 g/mol. The second kappa shape index (κ2) is 43.1. The number of rotatable bonds is 43. The summed E-state index contributed by atoms with van der Waals surface area (Å²) in [5.74, 6) is -0.856. The molecule has 53 heavy (non-hydrogen) atoms. The van der Waals surface area contributed by atoms with Crippen molar-refractivity contribution in [1.82, 2.24) is 0 Å². The van der Waals surface area contributed by atoms with Crippen molar-refractivity contribution in [1.29, 1.82) is 0 Å². The van der Waals surface area contributed by atoms with Gasteiger partial charge in [0.05, 0.1) is 0 Å². The van der Waals surface area contributed by atoms with E-state index < -0.39 is 6.10 Å². The molecule has 0 aliphatic heterocycles. The van der Waals surface area contributed by atoms with Crippen molar-refractivity contribution in [2.24, 2.45) is 0 Å². The van der Waals surface area contributed by atoms with Gasteiger partial charge < -0.3 is 14.2 Å². The monoisotopic (exact) mass is 751 g/mol. The van der Waals surface area contributed by atoms with E-state index in [4.69, 9.17) is 14.2 Å². The van der Waals surface area contributed by atoms with Gasteiger partial charge in [-0.25, -0.2) is 0 Å². The van der Waals surface area contributed by atoms with Gasteiger partial charge in [-0.3, -0.25) is 14.4 Å². The maximum Gasteiger partial charge on any atom is 0.306 e. The Morgan fingerprint density at radius 2 is 0.509 bits per heavy atom. The molecular formula is C47H90O6. The second-order valence-electron chi connectivity index (χ2n) is 16.0. The van der Waals surface area contributed by atoms with E-state index in [1.54, 1.807) is 0 Å². The first-order chi connectivity index (χ1) is 26.0. The van der Waals surface area contributed by atoms with Crippen molar-refractivity contribution in [2.45, 2.75) is 271 Å². The molecule has 6 nitrogen and oxygen atoms in total. The third-order valence-electron chi connectivity index (χ3n) is 10.6. The zero-order chi connectivity index (χ0) is 38.7. The SMILES string of the molecule is CCCCCCCCCCCCCCCCCCC(=O)OC[C@@H](COC(=O)CCCCCCCCC)OC(=O)CCCCCCCCCCCCCC. The summed E-state index contributed by atoms with van der Waals surface area (Å²) in [6.07, 6.45) is 43.8. The van der Waals surface area contributed by atoms with Crippen LogP contribution in [-0.2, 0) is 28.6 Å². The van der Waals surface area contributed by atoms with Gasteiger partial charge in [-0.05, 0) is 19.3 Å². The molecule has 0 fully saturated rings. The maximum atomic E-state index is 12.7. The molecule has 0 rings (SSSR count). The second-order valence-corrected chi connectivity index (χ2v) is 16.0. The predicted molar refractivity (Wildman–Crippen MR) is 224 cm³/mol. The zero-order valence-corrected chi connectivity index (χ0v) is 35.8. The summed E-state index contributed by atoms with van der Waals surface area (Å²) in [6.45, 7) is 6.62. The molecule has 0 saturated heterocycles. The first-order valence-electron chi connectivity index (χ1n) is 23.5. The van der Waals surface area contributed by atoms with Crippen LogP contribution in [0.3, 0.4) is 0 Å². The van der Waals surface area contributed by atoms with Crippen LogP contribution in [-0.4, -0.2) is 37.2 Å². The highest BCUT2D eigenvalue weighted by molar-refractivity contribution is 5.71. The predicted octanol–water partition coefficient (Wildman–Crippen LogP) is 14.9. The summed E-state index contributed by atoms with van der Waals surface area (Å²) in [7, 11) is 0. The Labute approximate surface area is 329 Å². The Hall–Kier alpha value is -1.59. The standard InChI is InChI=1S/C47H90O6/c1-4-7-10-13-16-18-20-22-23-24-25-27-28-31-34-37-40-46(49)52-43-44(42-51-45(48)39-36-33-30-15-12-9-6-3)53-47(50)41-38-35-32-29-26-21-19-17-14-11-8-5-2/h44H,4-43H2,1-3H3/t44-/m1/s1. The van der Waals surface area contributed by atoms with E-state index >= 15 is 0 Å². The van der Waals surface area contributed by atoms with Gasteiger partial charge in [0.25, 0.3) is 0 Å². The molecule has 0 bridgehead atoms. The lowest BCUT2D eigenvalue weighted by Crippen LogP contribution is -2.30. The van der Waals surface area contributed by atoms with Gasteiger partial charge in [0.2, 0.25) is 0 Å². The number of esters is 3. The van der Waals surface area contributed by atoms with E-state index in [1.807, 2.05) is 0 Å². The van der Waals surface area contributed by atoms with Crippen LogP contribution in [0.2, 0.25) is 0 Å². The number of carbonyl (C=O) groups excluding carboxylic acids is 3. The van der Waals surface area contributed by atoms with Gasteiger partial charge >= 0.3 is 17.9 Å². The van der Waals surface area contributed by atoms with Crippen LogP contribution in [0.25, 0.3) is 0 Å². The quantitative estimate of drug-likeness (QED) is 0.0351.